The van der Waals surface area contributed by atoms with Gasteiger partial charge in [-0.15, -0.1) is 0 Å². The summed E-state index contributed by atoms with van der Waals surface area (Å²) in [4.78, 5) is 16.1. The highest BCUT2D eigenvalue weighted by Gasteiger charge is 2.23. The fourth-order valence-corrected chi connectivity index (χ4v) is 3.86. The molecule has 3 aromatic rings. The number of likely N-dealkylation sites (tertiary alicyclic amines) is 1. The zero-order valence-electron chi connectivity index (χ0n) is 16.1. The minimum absolute atomic E-state index is 0.455. The Morgan fingerprint density at radius 2 is 1.96 bits per heavy atom. The second-order valence-corrected chi connectivity index (χ2v) is 7.39. The third-order valence-corrected chi connectivity index (χ3v) is 5.25. The lowest BCUT2D eigenvalue weighted by atomic mass is 9.93. The zero-order chi connectivity index (χ0) is 18.8. The highest BCUT2D eigenvalue weighted by Crippen LogP contribution is 2.30. The van der Waals surface area contributed by atoms with E-state index in [1.165, 1.54) is 12.8 Å². The molecule has 1 atom stereocenters. The van der Waals surface area contributed by atoms with Gasteiger partial charge in [0.05, 0.1) is 17.1 Å². The molecule has 1 fully saturated rings. The summed E-state index contributed by atoms with van der Waals surface area (Å²) in [5.74, 6) is 1.29. The number of aromatic nitrogens is 4. The van der Waals surface area contributed by atoms with Crippen molar-refractivity contribution in [1.82, 2.24) is 25.0 Å². The summed E-state index contributed by atoms with van der Waals surface area (Å²) >= 11 is 0. The first kappa shape index (κ1) is 17.8. The summed E-state index contributed by atoms with van der Waals surface area (Å²) in [6, 6.07) is 4.29. The van der Waals surface area contributed by atoms with E-state index in [1.807, 2.05) is 39.4 Å². The number of nitrogens with zero attached hydrogens (tertiary/aromatic N) is 5. The molecule has 1 unspecified atom stereocenters. The Kier molecular flexibility index (Phi) is 4.99. The third kappa shape index (κ3) is 3.90. The van der Waals surface area contributed by atoms with Crippen LogP contribution in [0.4, 0.5) is 0 Å². The summed E-state index contributed by atoms with van der Waals surface area (Å²) in [5.41, 5.74) is 6.17. The Morgan fingerprint density at radius 1 is 1.07 bits per heavy atom. The van der Waals surface area contributed by atoms with E-state index in [-0.39, 0.29) is 0 Å². The van der Waals surface area contributed by atoms with Gasteiger partial charge in [0.2, 0.25) is 0 Å². The maximum Gasteiger partial charge on any atom is 0.141 e. The van der Waals surface area contributed by atoms with E-state index < -0.39 is 0 Å². The van der Waals surface area contributed by atoms with Gasteiger partial charge >= 0.3 is 0 Å². The van der Waals surface area contributed by atoms with Crippen LogP contribution in [0.3, 0.4) is 0 Å². The van der Waals surface area contributed by atoms with E-state index in [0.29, 0.717) is 5.92 Å². The van der Waals surface area contributed by atoms with Crippen LogP contribution in [0.15, 0.2) is 35.2 Å². The van der Waals surface area contributed by atoms with Gasteiger partial charge in [-0.05, 0) is 46.2 Å². The van der Waals surface area contributed by atoms with Crippen molar-refractivity contribution in [3.8, 4) is 11.1 Å². The van der Waals surface area contributed by atoms with Crippen LogP contribution in [0.1, 0.15) is 47.3 Å². The molecule has 0 amide bonds. The first-order valence-corrected chi connectivity index (χ1v) is 9.49. The van der Waals surface area contributed by atoms with E-state index in [0.717, 1.165) is 59.3 Å². The van der Waals surface area contributed by atoms with Crippen LogP contribution >= 0.6 is 0 Å². The molecule has 1 aliphatic rings. The van der Waals surface area contributed by atoms with Gasteiger partial charge in [-0.3, -0.25) is 19.9 Å². The Hall–Kier alpha value is -2.60. The molecule has 0 aliphatic carbocycles. The zero-order valence-corrected chi connectivity index (χ0v) is 16.1. The molecule has 6 heteroatoms. The SMILES string of the molecule is Cc1cnc(CN2CCCC(c3ccc(-c4c(C)noc4C)cn3)C2)cn1. The number of piperidine rings is 1. The smallest absolute Gasteiger partial charge is 0.141 e. The highest BCUT2D eigenvalue weighted by atomic mass is 16.5. The van der Waals surface area contributed by atoms with Gasteiger partial charge in [-0.25, -0.2) is 0 Å². The molecule has 4 rings (SSSR count). The molecule has 0 N–H and O–H groups in total. The molecule has 0 saturated carbocycles. The first-order chi connectivity index (χ1) is 13.1. The van der Waals surface area contributed by atoms with Gasteiger partial charge in [0.1, 0.15) is 5.76 Å². The predicted molar refractivity (Wildman–Crippen MR) is 103 cm³/mol. The molecule has 3 aromatic heterocycles. The molecule has 27 heavy (non-hydrogen) atoms. The van der Waals surface area contributed by atoms with Crippen LogP contribution in [0.25, 0.3) is 11.1 Å². The van der Waals surface area contributed by atoms with Crippen molar-refractivity contribution in [2.24, 2.45) is 0 Å². The van der Waals surface area contributed by atoms with Gasteiger partial charge in [0, 0.05) is 54.4 Å². The van der Waals surface area contributed by atoms with Crippen molar-refractivity contribution in [2.45, 2.75) is 46.1 Å². The number of rotatable bonds is 4. The normalized spacial score (nSPS) is 18.0. The number of hydrogen-bond donors (Lipinski definition) is 0. The molecule has 0 radical (unpaired) electrons. The first-order valence-electron chi connectivity index (χ1n) is 9.49. The van der Waals surface area contributed by atoms with Crippen molar-refractivity contribution in [2.75, 3.05) is 13.1 Å². The van der Waals surface area contributed by atoms with Gasteiger partial charge < -0.3 is 4.52 Å². The molecule has 0 aromatic carbocycles. The van der Waals surface area contributed by atoms with Crippen LogP contribution in [0, 0.1) is 20.8 Å². The van der Waals surface area contributed by atoms with Crippen molar-refractivity contribution < 1.29 is 4.52 Å². The maximum absolute atomic E-state index is 5.28. The average Bonchev–Trinajstić information content (AvgIpc) is 3.02. The van der Waals surface area contributed by atoms with Gasteiger partial charge in [0.15, 0.2) is 0 Å². The van der Waals surface area contributed by atoms with Gasteiger partial charge in [-0.1, -0.05) is 11.2 Å². The Balaban J connectivity index is 1.46. The second-order valence-electron chi connectivity index (χ2n) is 7.39. The molecule has 1 saturated heterocycles. The molecule has 0 bridgehead atoms. The van der Waals surface area contributed by atoms with Gasteiger partial charge in [-0.2, -0.15) is 0 Å². The van der Waals surface area contributed by atoms with Crippen LogP contribution in [-0.4, -0.2) is 38.1 Å². The lowest BCUT2D eigenvalue weighted by Gasteiger charge is -2.32. The van der Waals surface area contributed by atoms with Crippen molar-refractivity contribution in [3.63, 3.8) is 0 Å². The largest absolute Gasteiger partial charge is 0.361 e. The standard InChI is InChI=1S/C21H25N5O/c1-14-9-23-19(11-22-14)13-26-8-4-5-18(12-26)20-7-6-17(10-24-20)21-15(2)25-27-16(21)3/h6-7,9-11,18H,4-5,8,12-13H2,1-3H3. The fraction of sp³-hybridized carbons (Fsp3) is 0.429. The molecular formula is C21H25N5O. The summed E-state index contributed by atoms with van der Waals surface area (Å²) in [6.07, 6.45) is 8.03. The van der Waals surface area contributed by atoms with E-state index >= 15 is 0 Å². The van der Waals surface area contributed by atoms with E-state index in [9.17, 15) is 0 Å². The minimum Gasteiger partial charge on any atom is -0.361 e. The lowest BCUT2D eigenvalue weighted by molar-refractivity contribution is 0.196. The molecule has 1 aliphatic heterocycles. The Labute approximate surface area is 159 Å². The summed E-state index contributed by atoms with van der Waals surface area (Å²) in [6.45, 7) is 8.83. The fourth-order valence-electron chi connectivity index (χ4n) is 3.86. The Bertz CT molecular complexity index is 882. The van der Waals surface area contributed by atoms with Crippen LogP contribution in [0.5, 0.6) is 0 Å². The monoisotopic (exact) mass is 363 g/mol. The average molecular weight is 363 g/mol. The number of hydrogen-bond acceptors (Lipinski definition) is 6. The summed E-state index contributed by atoms with van der Waals surface area (Å²) in [7, 11) is 0. The van der Waals surface area contributed by atoms with E-state index in [2.05, 4.69) is 32.2 Å². The second kappa shape index (κ2) is 7.56. The van der Waals surface area contributed by atoms with Gasteiger partial charge in [0.25, 0.3) is 0 Å². The molecule has 0 spiro atoms. The van der Waals surface area contributed by atoms with E-state index in [1.54, 1.807) is 0 Å². The molecular weight excluding hydrogens is 338 g/mol. The van der Waals surface area contributed by atoms with Crippen LogP contribution < -0.4 is 0 Å². The number of aryl methyl sites for hydroxylation is 3. The highest BCUT2D eigenvalue weighted by molar-refractivity contribution is 5.66. The quantitative estimate of drug-likeness (QED) is 0.702. The van der Waals surface area contributed by atoms with Crippen LogP contribution in [0.2, 0.25) is 0 Å². The molecule has 4 heterocycles. The van der Waals surface area contributed by atoms with Crippen molar-refractivity contribution in [1.29, 1.82) is 0 Å². The lowest BCUT2D eigenvalue weighted by Crippen LogP contribution is -2.34. The third-order valence-electron chi connectivity index (χ3n) is 5.25. The van der Waals surface area contributed by atoms with Crippen LogP contribution in [-0.2, 0) is 6.54 Å². The van der Waals surface area contributed by atoms with Crippen molar-refractivity contribution >= 4 is 0 Å². The number of pyridine rings is 1. The Morgan fingerprint density at radius 3 is 2.63 bits per heavy atom. The molecule has 6 nitrogen and oxygen atoms in total. The minimum atomic E-state index is 0.455. The maximum atomic E-state index is 5.28. The summed E-state index contributed by atoms with van der Waals surface area (Å²) in [5, 5.41) is 4.04. The summed E-state index contributed by atoms with van der Waals surface area (Å²) < 4.78 is 5.28. The van der Waals surface area contributed by atoms with E-state index in [4.69, 9.17) is 9.51 Å². The predicted octanol–water partition coefficient (Wildman–Crippen LogP) is 3.83. The molecule has 140 valence electrons. The topological polar surface area (TPSA) is 67.9 Å². The van der Waals surface area contributed by atoms with Crippen molar-refractivity contribution in [3.05, 3.63) is 59.3 Å².